The Hall–Kier alpha value is 1.14. The molecular weight excluding hydrogens is 130 g/mol. The fourth-order valence-electron chi connectivity index (χ4n) is 0. The molecule has 0 aliphatic rings. The third kappa shape index (κ3) is 10.2. The van der Waals surface area contributed by atoms with E-state index in [0.717, 1.165) is 6.92 Å². The summed E-state index contributed by atoms with van der Waals surface area (Å²) in [6, 6.07) is 0. The quantitative estimate of drug-likeness (QED) is 0.347. The van der Waals surface area contributed by atoms with Crippen LogP contribution in [0.25, 0.3) is 0 Å². The van der Waals surface area contributed by atoms with E-state index in [1.165, 1.54) is 0 Å². The maximum absolute atomic E-state index is 9.54. The van der Waals surface area contributed by atoms with Crippen molar-refractivity contribution in [3.05, 3.63) is 0 Å². The van der Waals surface area contributed by atoms with Crippen LogP contribution < -0.4 is 0 Å². The Morgan fingerprint density at radius 1 is 1.25 bits per heavy atom. The molecule has 0 fully saturated rings. The van der Waals surface area contributed by atoms with E-state index in [1.807, 2.05) is 0 Å². The SMILES string of the molecule is CC(=O)C(=O)O.[NaH].[NaH]. The first-order chi connectivity index (χ1) is 2.64. The summed E-state index contributed by atoms with van der Waals surface area (Å²) in [5, 5.41) is 7.64. The number of carboxylic acid groups (broad SMARTS) is 1. The molecule has 38 valence electrons. The Labute approximate surface area is 91.4 Å². The van der Waals surface area contributed by atoms with Gasteiger partial charge in [-0.25, -0.2) is 4.79 Å². The summed E-state index contributed by atoms with van der Waals surface area (Å²) in [5.74, 6) is -2.20. The van der Waals surface area contributed by atoms with Crippen LogP contribution in [0.2, 0.25) is 0 Å². The van der Waals surface area contributed by atoms with Crippen LogP contribution in [0.1, 0.15) is 6.92 Å². The van der Waals surface area contributed by atoms with Gasteiger partial charge < -0.3 is 5.11 Å². The first-order valence-corrected chi connectivity index (χ1v) is 1.38. The molecule has 0 spiro atoms. The average Bonchev–Trinajstić information content (AvgIpc) is 1.36. The van der Waals surface area contributed by atoms with Crippen molar-refractivity contribution in [2.75, 3.05) is 0 Å². The first-order valence-electron chi connectivity index (χ1n) is 1.38. The number of ketones is 1. The fourth-order valence-corrected chi connectivity index (χ4v) is 0. The molecule has 0 heterocycles. The monoisotopic (exact) mass is 136 g/mol. The van der Waals surface area contributed by atoms with E-state index >= 15 is 0 Å². The third-order valence-electron chi connectivity index (χ3n) is 0.301. The topological polar surface area (TPSA) is 54.4 Å². The molecule has 0 aliphatic carbocycles. The van der Waals surface area contributed by atoms with Gasteiger partial charge in [0.05, 0.1) is 0 Å². The van der Waals surface area contributed by atoms with Crippen molar-refractivity contribution in [1.82, 2.24) is 0 Å². The zero-order valence-corrected chi connectivity index (χ0v) is 3.26. The normalized spacial score (nSPS) is 5.62. The van der Waals surface area contributed by atoms with Crippen molar-refractivity contribution in [2.45, 2.75) is 6.92 Å². The number of hydrogen-bond acceptors (Lipinski definition) is 2. The second-order valence-electron chi connectivity index (χ2n) is 0.861. The van der Waals surface area contributed by atoms with Gasteiger partial charge in [0.25, 0.3) is 0 Å². The van der Waals surface area contributed by atoms with E-state index in [2.05, 4.69) is 0 Å². The van der Waals surface area contributed by atoms with Crippen molar-refractivity contribution in [1.29, 1.82) is 0 Å². The molecule has 0 radical (unpaired) electrons. The molecule has 0 saturated heterocycles. The molecule has 0 unspecified atom stereocenters. The van der Waals surface area contributed by atoms with E-state index < -0.39 is 11.8 Å². The van der Waals surface area contributed by atoms with Gasteiger partial charge in [0.15, 0.2) is 0 Å². The molecule has 0 bridgehead atoms. The average molecular weight is 136 g/mol. The van der Waals surface area contributed by atoms with Crippen LogP contribution in [-0.2, 0) is 9.59 Å². The molecule has 0 saturated carbocycles. The molecule has 3 nitrogen and oxygen atoms in total. The summed E-state index contributed by atoms with van der Waals surface area (Å²) in [6.45, 7) is 1.00. The second kappa shape index (κ2) is 8.14. The van der Waals surface area contributed by atoms with Crippen molar-refractivity contribution in [2.24, 2.45) is 0 Å². The minimum absolute atomic E-state index is 0. The summed E-state index contributed by atoms with van der Waals surface area (Å²) in [4.78, 5) is 18.9. The molecule has 0 rings (SSSR count). The molecule has 5 heteroatoms. The van der Waals surface area contributed by atoms with E-state index in [1.54, 1.807) is 0 Å². The molecule has 0 aromatic heterocycles. The summed E-state index contributed by atoms with van der Waals surface area (Å²) >= 11 is 0. The number of carboxylic acids is 1. The van der Waals surface area contributed by atoms with Gasteiger partial charge in [0.1, 0.15) is 0 Å². The van der Waals surface area contributed by atoms with Crippen LogP contribution in [0.5, 0.6) is 0 Å². The Morgan fingerprint density at radius 3 is 1.38 bits per heavy atom. The van der Waals surface area contributed by atoms with Crippen molar-refractivity contribution < 1.29 is 14.7 Å². The summed E-state index contributed by atoms with van der Waals surface area (Å²) in [6.07, 6.45) is 0. The van der Waals surface area contributed by atoms with E-state index in [0.29, 0.717) is 0 Å². The molecular formula is C3H6Na2O3. The van der Waals surface area contributed by atoms with E-state index in [9.17, 15) is 9.59 Å². The molecule has 0 amide bonds. The Morgan fingerprint density at radius 2 is 1.38 bits per heavy atom. The van der Waals surface area contributed by atoms with Crippen molar-refractivity contribution >= 4 is 70.9 Å². The van der Waals surface area contributed by atoms with Gasteiger partial charge in [-0.15, -0.1) is 0 Å². The van der Waals surface area contributed by atoms with Gasteiger partial charge in [-0.05, 0) is 0 Å². The van der Waals surface area contributed by atoms with Crippen LogP contribution >= 0.6 is 0 Å². The number of carbonyl (C=O) groups excluding carboxylic acids is 1. The Bertz CT molecular complexity index is 78.5. The molecule has 1 N–H and O–H groups in total. The zero-order chi connectivity index (χ0) is 5.15. The van der Waals surface area contributed by atoms with Gasteiger partial charge >= 0.3 is 65.1 Å². The predicted octanol–water partition coefficient (Wildman–Crippen LogP) is -1.64. The van der Waals surface area contributed by atoms with Crippen LogP contribution in [-0.4, -0.2) is 76.0 Å². The fraction of sp³-hybridized carbons (Fsp3) is 0.333. The van der Waals surface area contributed by atoms with Crippen LogP contribution in [0.15, 0.2) is 0 Å². The van der Waals surface area contributed by atoms with Gasteiger partial charge in [-0.1, -0.05) is 0 Å². The Kier molecular flexibility index (Phi) is 16.3. The van der Waals surface area contributed by atoms with Gasteiger partial charge in [0, 0.05) is 6.92 Å². The predicted molar refractivity (Wildman–Crippen MR) is 32.6 cm³/mol. The summed E-state index contributed by atoms with van der Waals surface area (Å²) < 4.78 is 0. The third-order valence-corrected chi connectivity index (χ3v) is 0.301. The van der Waals surface area contributed by atoms with Gasteiger partial charge in [-0.3, -0.25) is 4.79 Å². The number of Topliss-reactive ketones (excluding diaryl/α,β-unsaturated/α-hetero) is 1. The van der Waals surface area contributed by atoms with E-state index in [4.69, 9.17) is 5.11 Å². The number of carbonyl (C=O) groups is 2. The summed E-state index contributed by atoms with van der Waals surface area (Å²) in [7, 11) is 0. The maximum atomic E-state index is 9.54. The zero-order valence-electron chi connectivity index (χ0n) is 3.26. The van der Waals surface area contributed by atoms with Gasteiger partial charge in [0.2, 0.25) is 5.78 Å². The first kappa shape index (κ1) is 16.1. The molecule has 0 aromatic rings. The minimum atomic E-state index is -1.38. The number of aliphatic carboxylic acids is 1. The molecule has 0 atom stereocenters. The van der Waals surface area contributed by atoms with Crippen molar-refractivity contribution in [3.8, 4) is 0 Å². The van der Waals surface area contributed by atoms with E-state index in [-0.39, 0.29) is 59.1 Å². The number of hydrogen-bond donors (Lipinski definition) is 1. The Balaban J connectivity index is -0.000000125. The van der Waals surface area contributed by atoms with Crippen LogP contribution in [0.4, 0.5) is 0 Å². The number of rotatable bonds is 1. The standard InChI is InChI=1S/C3H4O3.2Na.2H/c1-2(4)3(5)6;;;;/h1H3,(H,5,6);;;;. The molecule has 0 aliphatic heterocycles. The molecule has 0 aromatic carbocycles. The van der Waals surface area contributed by atoms with Crippen LogP contribution in [0.3, 0.4) is 0 Å². The summed E-state index contributed by atoms with van der Waals surface area (Å²) in [5.41, 5.74) is 0. The van der Waals surface area contributed by atoms with Gasteiger partial charge in [-0.2, -0.15) is 0 Å². The van der Waals surface area contributed by atoms with Crippen molar-refractivity contribution in [3.63, 3.8) is 0 Å². The van der Waals surface area contributed by atoms with Crippen LogP contribution in [0, 0.1) is 0 Å². The molecule has 8 heavy (non-hydrogen) atoms. The second-order valence-corrected chi connectivity index (χ2v) is 0.861.